The van der Waals surface area contributed by atoms with E-state index in [1.54, 1.807) is 30.5 Å². The number of pyridine rings is 1. The molecule has 0 unspecified atom stereocenters. The highest BCUT2D eigenvalue weighted by molar-refractivity contribution is 6.07. The van der Waals surface area contributed by atoms with Gasteiger partial charge in [0.1, 0.15) is 5.82 Å². The van der Waals surface area contributed by atoms with Gasteiger partial charge in [0.2, 0.25) is 0 Å². The molecular weight excluding hydrogens is 349 g/mol. The lowest BCUT2D eigenvalue weighted by molar-refractivity contribution is -0.385. The van der Waals surface area contributed by atoms with Gasteiger partial charge >= 0.3 is 0 Å². The highest BCUT2D eigenvalue weighted by atomic mass is 19.1. The number of carbonyl (C=O) groups is 1. The average Bonchev–Trinajstić information content (AvgIpc) is 2.67. The summed E-state index contributed by atoms with van der Waals surface area (Å²) in [5.41, 5.74) is 1.47. The molecule has 0 aliphatic rings. The van der Waals surface area contributed by atoms with Crippen LogP contribution in [0.5, 0.6) is 0 Å². The topological polar surface area (TPSA) is 76.3 Å². The van der Waals surface area contributed by atoms with Crippen molar-refractivity contribution in [2.45, 2.75) is 13.5 Å². The van der Waals surface area contributed by atoms with Gasteiger partial charge in [-0.1, -0.05) is 12.1 Å². The SMILES string of the molecule is Cc1c(C(=O)N(Cc2ccccn2)c2ccc(F)cc2)cccc1[N+](=O)[O-]. The Hall–Kier alpha value is -3.61. The second-order valence-electron chi connectivity index (χ2n) is 5.90. The van der Waals surface area contributed by atoms with E-state index in [1.165, 1.54) is 48.2 Å². The van der Waals surface area contributed by atoms with E-state index >= 15 is 0 Å². The lowest BCUT2D eigenvalue weighted by Crippen LogP contribution is -2.31. The highest BCUT2D eigenvalue weighted by Gasteiger charge is 2.24. The molecule has 27 heavy (non-hydrogen) atoms. The first-order chi connectivity index (χ1) is 13.0. The van der Waals surface area contributed by atoms with Crippen molar-refractivity contribution in [1.82, 2.24) is 4.98 Å². The van der Waals surface area contributed by atoms with Gasteiger partial charge in [-0.3, -0.25) is 19.9 Å². The molecule has 0 radical (unpaired) electrons. The Bertz CT molecular complexity index is 976. The summed E-state index contributed by atoms with van der Waals surface area (Å²) in [6.45, 7) is 1.68. The molecule has 0 bridgehead atoms. The fourth-order valence-corrected chi connectivity index (χ4v) is 2.75. The number of benzene rings is 2. The monoisotopic (exact) mass is 365 g/mol. The van der Waals surface area contributed by atoms with Crippen molar-refractivity contribution in [3.63, 3.8) is 0 Å². The molecule has 7 heteroatoms. The van der Waals surface area contributed by atoms with Gasteiger partial charge in [-0.15, -0.1) is 0 Å². The number of halogens is 1. The first-order valence-corrected chi connectivity index (χ1v) is 8.18. The van der Waals surface area contributed by atoms with Crippen LogP contribution in [-0.2, 0) is 6.54 Å². The molecule has 0 spiro atoms. The zero-order chi connectivity index (χ0) is 19.4. The number of anilines is 1. The van der Waals surface area contributed by atoms with Gasteiger partial charge in [-0.05, 0) is 49.4 Å². The van der Waals surface area contributed by atoms with Gasteiger partial charge < -0.3 is 4.90 Å². The van der Waals surface area contributed by atoms with E-state index in [0.717, 1.165) is 0 Å². The molecule has 0 N–H and O–H groups in total. The molecule has 3 rings (SSSR count). The fraction of sp³-hybridized carbons (Fsp3) is 0.100. The van der Waals surface area contributed by atoms with Crippen LogP contribution in [0.1, 0.15) is 21.6 Å². The fourth-order valence-electron chi connectivity index (χ4n) is 2.75. The summed E-state index contributed by atoms with van der Waals surface area (Å²) in [6.07, 6.45) is 1.61. The van der Waals surface area contributed by atoms with E-state index < -0.39 is 16.6 Å². The number of aromatic nitrogens is 1. The van der Waals surface area contributed by atoms with E-state index in [1.807, 2.05) is 0 Å². The Morgan fingerprint density at radius 1 is 1.11 bits per heavy atom. The van der Waals surface area contributed by atoms with Crippen LogP contribution in [0.2, 0.25) is 0 Å². The smallest absolute Gasteiger partial charge is 0.273 e. The molecule has 0 saturated carbocycles. The number of nitro benzene ring substituents is 1. The van der Waals surface area contributed by atoms with Crippen molar-refractivity contribution >= 4 is 17.3 Å². The molecular formula is C20H16FN3O3. The maximum Gasteiger partial charge on any atom is 0.273 e. The summed E-state index contributed by atoms with van der Waals surface area (Å²) in [7, 11) is 0. The molecule has 0 aliphatic heterocycles. The Morgan fingerprint density at radius 3 is 2.48 bits per heavy atom. The summed E-state index contributed by atoms with van der Waals surface area (Å²) in [5.74, 6) is -0.844. The van der Waals surface area contributed by atoms with Gasteiger partial charge in [0.25, 0.3) is 11.6 Å². The maximum atomic E-state index is 13.3. The van der Waals surface area contributed by atoms with E-state index in [9.17, 15) is 19.3 Å². The normalized spacial score (nSPS) is 10.4. The zero-order valence-corrected chi connectivity index (χ0v) is 14.5. The second-order valence-corrected chi connectivity index (χ2v) is 5.90. The molecule has 0 fully saturated rings. The van der Waals surface area contributed by atoms with Crippen LogP contribution < -0.4 is 4.90 Å². The van der Waals surface area contributed by atoms with Crippen LogP contribution >= 0.6 is 0 Å². The van der Waals surface area contributed by atoms with E-state index in [2.05, 4.69) is 4.98 Å². The average molecular weight is 365 g/mol. The zero-order valence-electron chi connectivity index (χ0n) is 14.5. The molecule has 6 nitrogen and oxygen atoms in total. The first kappa shape index (κ1) is 18.2. The van der Waals surface area contributed by atoms with E-state index in [0.29, 0.717) is 11.4 Å². The van der Waals surface area contributed by atoms with Crippen LogP contribution in [-0.4, -0.2) is 15.8 Å². The Morgan fingerprint density at radius 2 is 1.85 bits per heavy atom. The van der Waals surface area contributed by atoms with E-state index in [4.69, 9.17) is 0 Å². The molecule has 0 aliphatic carbocycles. The minimum absolute atomic E-state index is 0.127. The first-order valence-electron chi connectivity index (χ1n) is 8.18. The van der Waals surface area contributed by atoms with Gasteiger partial charge in [0.05, 0.1) is 17.2 Å². The van der Waals surface area contributed by atoms with Crippen LogP contribution in [0.15, 0.2) is 66.9 Å². The lowest BCUT2D eigenvalue weighted by atomic mass is 10.0. The number of carbonyl (C=O) groups excluding carboxylic acids is 1. The third kappa shape index (κ3) is 3.98. The number of nitrogens with zero attached hydrogens (tertiary/aromatic N) is 3. The molecule has 0 atom stereocenters. The molecule has 1 amide bonds. The molecule has 0 saturated heterocycles. The van der Waals surface area contributed by atoms with Crippen molar-refractivity contribution in [1.29, 1.82) is 0 Å². The van der Waals surface area contributed by atoms with Gasteiger partial charge in [0, 0.05) is 29.1 Å². The number of rotatable bonds is 5. The Kier molecular flexibility index (Phi) is 5.21. The summed E-state index contributed by atoms with van der Waals surface area (Å²) in [4.78, 5) is 29.5. The number of hydrogen-bond acceptors (Lipinski definition) is 4. The predicted molar refractivity (Wildman–Crippen MR) is 99.0 cm³/mol. The van der Waals surface area contributed by atoms with E-state index in [-0.39, 0.29) is 23.4 Å². The van der Waals surface area contributed by atoms with Crippen molar-refractivity contribution in [2.75, 3.05) is 4.90 Å². The van der Waals surface area contributed by atoms with Crippen LogP contribution in [0.25, 0.3) is 0 Å². The molecule has 2 aromatic carbocycles. The van der Waals surface area contributed by atoms with Crippen molar-refractivity contribution < 1.29 is 14.1 Å². The van der Waals surface area contributed by atoms with Crippen molar-refractivity contribution in [3.05, 3.63) is 99.6 Å². The largest absolute Gasteiger partial charge is 0.302 e. The lowest BCUT2D eigenvalue weighted by Gasteiger charge is -2.23. The highest BCUT2D eigenvalue weighted by Crippen LogP contribution is 2.26. The predicted octanol–water partition coefficient (Wildman–Crippen LogP) is 4.28. The van der Waals surface area contributed by atoms with Crippen LogP contribution in [0, 0.1) is 22.9 Å². The van der Waals surface area contributed by atoms with Crippen molar-refractivity contribution in [2.24, 2.45) is 0 Å². The third-order valence-corrected chi connectivity index (χ3v) is 4.16. The second kappa shape index (κ2) is 7.74. The third-order valence-electron chi connectivity index (χ3n) is 4.16. The Balaban J connectivity index is 2.04. The van der Waals surface area contributed by atoms with Crippen LogP contribution in [0.3, 0.4) is 0 Å². The maximum absolute atomic E-state index is 13.3. The Labute approximate surface area is 155 Å². The standard InChI is InChI=1S/C20H16FN3O3/c1-14-18(6-4-7-19(14)24(26)27)20(25)23(13-16-5-2-3-12-22-16)17-10-8-15(21)9-11-17/h2-12H,13H2,1H3. The summed E-state index contributed by atoms with van der Waals surface area (Å²) < 4.78 is 13.3. The summed E-state index contributed by atoms with van der Waals surface area (Å²) >= 11 is 0. The molecule has 1 aromatic heterocycles. The summed E-state index contributed by atoms with van der Waals surface area (Å²) in [5, 5.41) is 11.2. The van der Waals surface area contributed by atoms with Gasteiger partial charge in [0.15, 0.2) is 0 Å². The van der Waals surface area contributed by atoms with Crippen LogP contribution in [0.4, 0.5) is 15.8 Å². The minimum atomic E-state index is -0.521. The number of nitro groups is 1. The van der Waals surface area contributed by atoms with Gasteiger partial charge in [-0.25, -0.2) is 4.39 Å². The molecule has 1 heterocycles. The minimum Gasteiger partial charge on any atom is -0.302 e. The molecule has 136 valence electrons. The molecule has 3 aromatic rings. The number of hydrogen-bond donors (Lipinski definition) is 0. The summed E-state index contributed by atoms with van der Waals surface area (Å²) in [6, 6.07) is 15.2. The van der Waals surface area contributed by atoms with Gasteiger partial charge in [-0.2, -0.15) is 0 Å². The van der Waals surface area contributed by atoms with Crippen molar-refractivity contribution in [3.8, 4) is 0 Å². The quantitative estimate of drug-likeness (QED) is 0.499. The number of amides is 1.